The standard InChI is InChI=1S/C33H36F4N8O/c1-17-25(26-21(13-38)23(39)8-9-24(26)44(17)4)27-22(33(35,36)37)12-20-29(28(27)34)41-31(46-16-32(2)10-5-11-43(32)3)42-30(20)45-14-18-6-7-19(15-45)40-18/h8-9,12,18-19,40H,5-7,10-11,14-16,39H2,1-4H3/t18?,19?,32-/m0/s1. The number of ether oxygens (including phenoxy) is 1. The normalized spacial score (nSPS) is 23.5. The molecular weight excluding hydrogens is 600 g/mol. The number of likely N-dealkylation sites (N-methyl/N-ethyl adjacent to an activating group) is 1. The maximum Gasteiger partial charge on any atom is 0.417 e. The molecule has 2 unspecified atom stereocenters. The molecule has 0 aliphatic carbocycles. The molecule has 0 spiro atoms. The Morgan fingerprint density at radius 2 is 1.87 bits per heavy atom. The third-order valence-electron chi connectivity index (χ3n) is 10.4. The molecule has 13 heteroatoms. The molecule has 2 aromatic heterocycles. The highest BCUT2D eigenvalue weighted by molar-refractivity contribution is 6.07. The Balaban J connectivity index is 1.50. The fourth-order valence-electron chi connectivity index (χ4n) is 7.59. The monoisotopic (exact) mass is 636 g/mol. The molecule has 3 N–H and O–H groups in total. The van der Waals surface area contributed by atoms with Crippen LogP contribution in [0.15, 0.2) is 18.2 Å². The highest BCUT2D eigenvalue weighted by atomic mass is 19.4. The summed E-state index contributed by atoms with van der Waals surface area (Å²) in [5.41, 5.74) is 4.56. The lowest BCUT2D eigenvalue weighted by atomic mass is 9.92. The largest absolute Gasteiger partial charge is 0.461 e. The van der Waals surface area contributed by atoms with Crippen molar-refractivity contribution in [3.05, 3.63) is 40.8 Å². The Hall–Kier alpha value is -4.15. The van der Waals surface area contributed by atoms with Crippen LogP contribution in [0, 0.1) is 24.1 Å². The van der Waals surface area contributed by atoms with Crippen LogP contribution in [0.4, 0.5) is 29.1 Å². The van der Waals surface area contributed by atoms with E-state index < -0.39 is 23.1 Å². The minimum Gasteiger partial charge on any atom is -0.461 e. The van der Waals surface area contributed by atoms with Gasteiger partial charge in [0.05, 0.1) is 27.9 Å². The molecule has 4 aromatic rings. The molecule has 0 saturated carbocycles. The zero-order valence-electron chi connectivity index (χ0n) is 26.2. The molecule has 0 amide bonds. The second-order valence-electron chi connectivity index (χ2n) is 13.2. The lowest BCUT2D eigenvalue weighted by Crippen LogP contribution is -2.51. The Kier molecular flexibility index (Phi) is 7.10. The number of aromatic nitrogens is 3. The lowest BCUT2D eigenvalue weighted by molar-refractivity contribution is -0.137. The molecule has 3 fully saturated rings. The number of anilines is 2. The van der Waals surface area contributed by atoms with Crippen molar-refractivity contribution < 1.29 is 22.3 Å². The Bertz CT molecular complexity index is 1920. The maximum absolute atomic E-state index is 17.2. The highest BCUT2D eigenvalue weighted by Gasteiger charge is 2.41. The Morgan fingerprint density at radius 3 is 2.50 bits per heavy atom. The van der Waals surface area contributed by atoms with Crippen molar-refractivity contribution in [3.8, 4) is 23.2 Å². The second-order valence-corrected chi connectivity index (χ2v) is 13.2. The van der Waals surface area contributed by atoms with Gasteiger partial charge in [-0.15, -0.1) is 0 Å². The zero-order valence-corrected chi connectivity index (χ0v) is 26.2. The van der Waals surface area contributed by atoms with Gasteiger partial charge in [0.2, 0.25) is 0 Å². The van der Waals surface area contributed by atoms with Gasteiger partial charge in [0.1, 0.15) is 24.0 Å². The summed E-state index contributed by atoms with van der Waals surface area (Å²) in [5.74, 6) is -0.932. The van der Waals surface area contributed by atoms with Crippen molar-refractivity contribution >= 4 is 33.3 Å². The van der Waals surface area contributed by atoms with Gasteiger partial charge in [0.25, 0.3) is 0 Å². The number of alkyl halides is 3. The van der Waals surface area contributed by atoms with Crippen LogP contribution in [0.2, 0.25) is 0 Å². The number of hydrogen-bond acceptors (Lipinski definition) is 8. The minimum absolute atomic E-state index is 0.0126. The fourth-order valence-corrected chi connectivity index (χ4v) is 7.59. The molecule has 2 aromatic carbocycles. The minimum atomic E-state index is -4.94. The van der Waals surface area contributed by atoms with Gasteiger partial charge in [0, 0.05) is 59.8 Å². The number of likely N-dealkylation sites (tertiary alicyclic amines) is 1. The quantitative estimate of drug-likeness (QED) is 0.218. The topological polar surface area (TPSA) is 108 Å². The van der Waals surface area contributed by atoms with E-state index in [2.05, 4.69) is 27.1 Å². The summed E-state index contributed by atoms with van der Waals surface area (Å²) in [6.07, 6.45) is -1.17. The van der Waals surface area contributed by atoms with Crippen LogP contribution in [0.5, 0.6) is 6.01 Å². The predicted octanol–water partition coefficient (Wildman–Crippen LogP) is 5.51. The Morgan fingerprint density at radius 1 is 1.15 bits per heavy atom. The summed E-state index contributed by atoms with van der Waals surface area (Å²) in [6.45, 7) is 5.85. The number of halogens is 4. The summed E-state index contributed by atoms with van der Waals surface area (Å²) in [6, 6.07) is 6.35. The molecule has 3 aliphatic heterocycles. The van der Waals surface area contributed by atoms with E-state index in [0.717, 1.165) is 38.3 Å². The van der Waals surface area contributed by atoms with Crippen LogP contribution in [-0.4, -0.2) is 70.3 Å². The number of benzene rings is 2. The van der Waals surface area contributed by atoms with E-state index in [-0.39, 0.29) is 69.2 Å². The third kappa shape index (κ3) is 4.72. The van der Waals surface area contributed by atoms with E-state index in [1.54, 1.807) is 24.6 Å². The molecular formula is C33H36F4N8O. The summed E-state index contributed by atoms with van der Waals surface area (Å²) < 4.78 is 70.1. The first kappa shape index (κ1) is 30.5. The summed E-state index contributed by atoms with van der Waals surface area (Å²) in [7, 11) is 3.68. The number of nitrogen functional groups attached to an aromatic ring is 1. The first-order valence-electron chi connectivity index (χ1n) is 15.5. The van der Waals surface area contributed by atoms with Crippen LogP contribution >= 0.6 is 0 Å². The van der Waals surface area contributed by atoms with E-state index in [4.69, 9.17) is 10.5 Å². The van der Waals surface area contributed by atoms with Crippen molar-refractivity contribution in [1.29, 1.82) is 5.26 Å². The van der Waals surface area contributed by atoms with Gasteiger partial charge in [0.15, 0.2) is 5.82 Å². The van der Waals surface area contributed by atoms with Crippen LogP contribution in [0.1, 0.15) is 49.4 Å². The number of aryl methyl sites for hydroxylation is 1. The van der Waals surface area contributed by atoms with Crippen molar-refractivity contribution in [1.82, 2.24) is 24.8 Å². The number of nitrogens with two attached hydrogens (primary N) is 1. The molecule has 7 rings (SSSR count). The lowest BCUT2D eigenvalue weighted by Gasteiger charge is -2.35. The SMILES string of the molecule is Cc1c(-c2c(C(F)(F)F)cc3c(N4CC5CCC(C4)N5)nc(OC[C@]4(C)CCCN4C)nc3c2F)c2c(C#N)c(N)ccc2n1C. The number of nitrogens with zero attached hydrogens (tertiary/aromatic N) is 6. The average Bonchev–Trinajstić information content (AvgIpc) is 3.62. The van der Waals surface area contributed by atoms with Crippen LogP contribution in [-0.2, 0) is 13.2 Å². The molecule has 2 bridgehead atoms. The molecule has 3 saturated heterocycles. The average molecular weight is 637 g/mol. The smallest absolute Gasteiger partial charge is 0.417 e. The number of rotatable bonds is 5. The molecule has 46 heavy (non-hydrogen) atoms. The Labute approximate surface area is 263 Å². The van der Waals surface area contributed by atoms with E-state index in [1.165, 1.54) is 6.07 Å². The summed E-state index contributed by atoms with van der Waals surface area (Å²) in [4.78, 5) is 13.2. The molecule has 3 atom stereocenters. The third-order valence-corrected chi connectivity index (χ3v) is 10.4. The number of piperazine rings is 1. The molecule has 242 valence electrons. The van der Waals surface area contributed by atoms with Gasteiger partial charge >= 0.3 is 12.2 Å². The van der Waals surface area contributed by atoms with Crippen molar-refractivity contribution in [2.24, 2.45) is 7.05 Å². The van der Waals surface area contributed by atoms with Crippen LogP contribution in [0.25, 0.3) is 32.9 Å². The van der Waals surface area contributed by atoms with Crippen LogP contribution < -0.4 is 20.7 Å². The number of nitrogens with one attached hydrogen (secondary N) is 1. The maximum atomic E-state index is 17.2. The van der Waals surface area contributed by atoms with Gasteiger partial charge < -0.3 is 25.3 Å². The number of hydrogen-bond donors (Lipinski definition) is 2. The molecule has 0 radical (unpaired) electrons. The highest BCUT2D eigenvalue weighted by Crippen LogP contribution is 2.48. The van der Waals surface area contributed by atoms with Gasteiger partial charge in [-0.2, -0.15) is 28.4 Å². The fraction of sp³-hybridized carbons (Fsp3) is 0.485. The van der Waals surface area contributed by atoms with Gasteiger partial charge in [-0.1, -0.05) is 0 Å². The van der Waals surface area contributed by atoms with Gasteiger partial charge in [-0.3, -0.25) is 4.90 Å². The van der Waals surface area contributed by atoms with E-state index in [9.17, 15) is 5.26 Å². The molecule has 3 aliphatic rings. The van der Waals surface area contributed by atoms with Crippen molar-refractivity contribution in [2.45, 2.75) is 63.3 Å². The molecule has 5 heterocycles. The van der Waals surface area contributed by atoms with Crippen LogP contribution in [0.3, 0.4) is 0 Å². The second kappa shape index (κ2) is 10.7. The summed E-state index contributed by atoms with van der Waals surface area (Å²) in [5, 5.41) is 13.7. The van der Waals surface area contributed by atoms with Crippen molar-refractivity contribution in [3.63, 3.8) is 0 Å². The number of nitriles is 1. The van der Waals surface area contributed by atoms with E-state index in [1.807, 2.05) is 18.0 Å². The molecule has 9 nitrogen and oxygen atoms in total. The summed E-state index contributed by atoms with van der Waals surface area (Å²) >= 11 is 0. The van der Waals surface area contributed by atoms with Gasteiger partial charge in [-0.05, 0) is 71.3 Å². The van der Waals surface area contributed by atoms with E-state index >= 15 is 17.6 Å². The first-order valence-corrected chi connectivity index (χ1v) is 15.5. The zero-order chi connectivity index (χ0) is 32.7. The van der Waals surface area contributed by atoms with E-state index in [0.29, 0.717) is 24.3 Å². The van der Waals surface area contributed by atoms with Gasteiger partial charge in [-0.25, -0.2) is 4.39 Å². The predicted molar refractivity (Wildman–Crippen MR) is 168 cm³/mol. The number of fused-ring (bicyclic) bond motifs is 4. The first-order chi connectivity index (χ1) is 21.8. The van der Waals surface area contributed by atoms with Crippen molar-refractivity contribution in [2.75, 3.05) is 43.9 Å².